The first-order valence-electron chi connectivity index (χ1n) is 5.99. The molecule has 1 aromatic rings. The fourth-order valence-corrected chi connectivity index (χ4v) is 3.69. The van der Waals surface area contributed by atoms with Crippen LogP contribution in [0.2, 0.25) is 0 Å². The number of ether oxygens (including phenoxy) is 1. The smallest absolute Gasteiger partial charge is 0.243 e. The van der Waals surface area contributed by atoms with E-state index >= 15 is 0 Å². The van der Waals surface area contributed by atoms with Crippen molar-refractivity contribution in [2.75, 3.05) is 27.3 Å². The van der Waals surface area contributed by atoms with Crippen LogP contribution < -0.4 is 4.74 Å². The van der Waals surface area contributed by atoms with Crippen molar-refractivity contribution >= 4 is 10.0 Å². The third-order valence-electron chi connectivity index (χ3n) is 3.28. The summed E-state index contributed by atoms with van der Waals surface area (Å²) in [6, 6.07) is 1.72. The Balaban J connectivity index is 3.48. The van der Waals surface area contributed by atoms with E-state index in [4.69, 9.17) is 9.84 Å². The van der Waals surface area contributed by atoms with Gasteiger partial charge < -0.3 is 9.84 Å². The molecule has 108 valence electrons. The summed E-state index contributed by atoms with van der Waals surface area (Å²) in [5, 5.41) is 8.90. The summed E-state index contributed by atoms with van der Waals surface area (Å²) in [6.45, 7) is 5.22. The van der Waals surface area contributed by atoms with Gasteiger partial charge in [-0.05, 0) is 43.5 Å². The summed E-state index contributed by atoms with van der Waals surface area (Å²) < 4.78 is 31.4. The highest BCUT2D eigenvalue weighted by Gasteiger charge is 2.26. The molecule has 1 N–H and O–H groups in total. The van der Waals surface area contributed by atoms with Crippen LogP contribution in [-0.2, 0) is 10.0 Å². The molecule has 19 heavy (non-hydrogen) atoms. The zero-order chi connectivity index (χ0) is 14.8. The molecule has 0 heterocycles. The lowest BCUT2D eigenvalue weighted by atomic mass is 10.1. The second-order valence-corrected chi connectivity index (χ2v) is 6.51. The molecule has 0 saturated heterocycles. The maximum absolute atomic E-state index is 12.5. The topological polar surface area (TPSA) is 66.8 Å². The molecule has 5 nitrogen and oxygen atoms in total. The molecule has 0 aliphatic rings. The highest BCUT2D eigenvalue weighted by Crippen LogP contribution is 2.31. The van der Waals surface area contributed by atoms with E-state index in [1.165, 1.54) is 7.05 Å². The average molecular weight is 287 g/mol. The molecule has 0 radical (unpaired) electrons. The van der Waals surface area contributed by atoms with Gasteiger partial charge in [0.2, 0.25) is 10.0 Å². The van der Waals surface area contributed by atoms with E-state index in [-0.39, 0.29) is 13.2 Å². The van der Waals surface area contributed by atoms with E-state index in [2.05, 4.69) is 0 Å². The first-order chi connectivity index (χ1) is 8.77. The van der Waals surface area contributed by atoms with Gasteiger partial charge in [-0.2, -0.15) is 4.31 Å². The van der Waals surface area contributed by atoms with Crippen LogP contribution in [0, 0.1) is 20.8 Å². The van der Waals surface area contributed by atoms with Gasteiger partial charge in [0.1, 0.15) is 5.75 Å². The predicted molar refractivity (Wildman–Crippen MR) is 74.1 cm³/mol. The second kappa shape index (κ2) is 5.90. The van der Waals surface area contributed by atoms with Gasteiger partial charge in [-0.3, -0.25) is 0 Å². The quantitative estimate of drug-likeness (QED) is 0.884. The fourth-order valence-electron chi connectivity index (χ4n) is 2.05. The molecule has 0 spiro atoms. The first kappa shape index (κ1) is 15.9. The highest BCUT2D eigenvalue weighted by molar-refractivity contribution is 7.89. The number of aryl methyl sites for hydroxylation is 1. The van der Waals surface area contributed by atoms with Gasteiger partial charge in [0.15, 0.2) is 0 Å². The summed E-state index contributed by atoms with van der Waals surface area (Å²) in [4.78, 5) is 0.293. The van der Waals surface area contributed by atoms with Crippen LogP contribution in [0.15, 0.2) is 11.0 Å². The Morgan fingerprint density at radius 2 is 1.84 bits per heavy atom. The molecule has 0 atom stereocenters. The molecule has 6 heteroatoms. The van der Waals surface area contributed by atoms with Gasteiger partial charge in [0, 0.05) is 13.6 Å². The Hall–Kier alpha value is -1.11. The minimum atomic E-state index is -3.59. The van der Waals surface area contributed by atoms with Gasteiger partial charge in [-0.15, -0.1) is 0 Å². The number of aliphatic hydroxyl groups excluding tert-OH is 1. The lowest BCUT2D eigenvalue weighted by molar-refractivity contribution is 0.266. The number of nitrogens with zero attached hydrogens (tertiary/aromatic N) is 1. The lowest BCUT2D eigenvalue weighted by Gasteiger charge is -2.21. The van der Waals surface area contributed by atoms with E-state index in [0.717, 1.165) is 9.87 Å². The maximum atomic E-state index is 12.5. The highest BCUT2D eigenvalue weighted by atomic mass is 32.2. The number of hydrogen-bond donors (Lipinski definition) is 1. The summed E-state index contributed by atoms with van der Waals surface area (Å²) in [5.74, 6) is 0.679. The number of rotatable bonds is 5. The normalized spacial score (nSPS) is 11.9. The molecular weight excluding hydrogens is 266 g/mol. The van der Waals surface area contributed by atoms with Crippen LogP contribution in [0.1, 0.15) is 16.7 Å². The third kappa shape index (κ3) is 2.91. The molecule has 0 fully saturated rings. The van der Waals surface area contributed by atoms with Crippen molar-refractivity contribution in [3.8, 4) is 5.75 Å². The Morgan fingerprint density at radius 1 is 1.26 bits per heavy atom. The molecule has 0 aromatic heterocycles. The van der Waals surface area contributed by atoms with Gasteiger partial charge in [-0.25, -0.2) is 8.42 Å². The Morgan fingerprint density at radius 3 is 2.32 bits per heavy atom. The molecule has 0 amide bonds. The van der Waals surface area contributed by atoms with E-state index in [9.17, 15) is 8.42 Å². The Bertz CT molecular complexity index is 566. The van der Waals surface area contributed by atoms with Gasteiger partial charge in [0.05, 0.1) is 18.6 Å². The molecule has 0 saturated carbocycles. The standard InChI is InChI=1S/C13H21NO4S/c1-9-8-12(18-5)10(2)11(3)13(9)19(16,17)14(4)6-7-15/h8,15H,6-7H2,1-5H3. The monoisotopic (exact) mass is 287 g/mol. The maximum Gasteiger partial charge on any atom is 0.243 e. The van der Waals surface area contributed by atoms with Crippen LogP contribution in [0.25, 0.3) is 0 Å². The van der Waals surface area contributed by atoms with E-state index in [0.29, 0.717) is 21.8 Å². The number of sulfonamides is 1. The zero-order valence-electron chi connectivity index (χ0n) is 12.0. The van der Waals surface area contributed by atoms with Crippen molar-refractivity contribution in [2.45, 2.75) is 25.7 Å². The van der Waals surface area contributed by atoms with Crippen LogP contribution in [0.3, 0.4) is 0 Å². The van der Waals surface area contributed by atoms with Crippen molar-refractivity contribution in [3.05, 3.63) is 22.8 Å². The molecule has 1 aromatic carbocycles. The summed E-state index contributed by atoms with van der Waals surface area (Å²) in [6.07, 6.45) is 0. The Labute approximate surface area is 114 Å². The Kier molecular flexibility index (Phi) is 4.95. The molecule has 1 rings (SSSR count). The van der Waals surface area contributed by atoms with Gasteiger partial charge >= 0.3 is 0 Å². The van der Waals surface area contributed by atoms with Crippen molar-refractivity contribution < 1.29 is 18.3 Å². The molecule has 0 bridgehead atoms. The fraction of sp³-hybridized carbons (Fsp3) is 0.538. The molecule has 0 aliphatic heterocycles. The second-order valence-electron chi connectivity index (χ2n) is 4.53. The van der Waals surface area contributed by atoms with Crippen molar-refractivity contribution in [3.63, 3.8) is 0 Å². The number of methoxy groups -OCH3 is 1. The molecule has 0 aliphatic carbocycles. The predicted octanol–water partition coefficient (Wildman–Crippen LogP) is 1.23. The van der Waals surface area contributed by atoms with Crippen molar-refractivity contribution in [2.24, 2.45) is 0 Å². The lowest BCUT2D eigenvalue weighted by Crippen LogP contribution is -2.30. The number of aliphatic hydroxyl groups is 1. The summed E-state index contributed by atoms with van der Waals surface area (Å²) in [7, 11) is -0.567. The van der Waals surface area contributed by atoms with Crippen LogP contribution in [-0.4, -0.2) is 45.1 Å². The largest absolute Gasteiger partial charge is 0.496 e. The first-order valence-corrected chi connectivity index (χ1v) is 7.43. The van der Waals surface area contributed by atoms with E-state index in [1.54, 1.807) is 27.0 Å². The number of benzene rings is 1. The van der Waals surface area contributed by atoms with Crippen molar-refractivity contribution in [1.82, 2.24) is 4.31 Å². The van der Waals surface area contributed by atoms with Crippen LogP contribution >= 0.6 is 0 Å². The summed E-state index contributed by atoms with van der Waals surface area (Å²) >= 11 is 0. The van der Waals surface area contributed by atoms with Crippen LogP contribution in [0.5, 0.6) is 5.75 Å². The SMILES string of the molecule is COc1cc(C)c(S(=O)(=O)N(C)CCO)c(C)c1C. The third-order valence-corrected chi connectivity index (χ3v) is 5.43. The van der Waals surface area contributed by atoms with Gasteiger partial charge in [0.25, 0.3) is 0 Å². The summed E-state index contributed by atoms with van der Waals surface area (Å²) in [5.41, 5.74) is 2.13. The van der Waals surface area contributed by atoms with Crippen molar-refractivity contribution in [1.29, 1.82) is 0 Å². The number of likely N-dealkylation sites (N-methyl/N-ethyl adjacent to an activating group) is 1. The van der Waals surface area contributed by atoms with Crippen LogP contribution in [0.4, 0.5) is 0 Å². The molecule has 0 unspecified atom stereocenters. The van der Waals surface area contributed by atoms with Gasteiger partial charge in [-0.1, -0.05) is 0 Å². The molecular formula is C13H21NO4S. The minimum absolute atomic E-state index is 0.0757. The minimum Gasteiger partial charge on any atom is -0.496 e. The zero-order valence-corrected chi connectivity index (χ0v) is 12.8. The van der Waals surface area contributed by atoms with E-state index in [1.807, 2.05) is 6.92 Å². The van der Waals surface area contributed by atoms with E-state index < -0.39 is 10.0 Å². The average Bonchev–Trinajstić information content (AvgIpc) is 2.33. The number of hydrogen-bond acceptors (Lipinski definition) is 4.